The SMILES string of the molecule is Nc1nc(I)nc2c1ncn2[C@@H]1O[C@H](C(=O)O)[C@H](O)[C@H]1O. The molecule has 1 saturated heterocycles. The first-order valence-electron chi connectivity index (χ1n) is 5.80. The molecule has 1 fully saturated rings. The maximum Gasteiger partial charge on any atom is 0.335 e. The Bertz CT molecular complexity index is 721. The Balaban J connectivity index is 2.07. The summed E-state index contributed by atoms with van der Waals surface area (Å²) in [6, 6.07) is 0. The number of hydrogen-bond donors (Lipinski definition) is 4. The monoisotopic (exact) mass is 407 g/mol. The minimum atomic E-state index is -1.55. The molecule has 4 atom stereocenters. The summed E-state index contributed by atoms with van der Waals surface area (Å²) in [6.45, 7) is 0. The summed E-state index contributed by atoms with van der Waals surface area (Å²) < 4.78 is 6.89. The van der Waals surface area contributed by atoms with Crippen LogP contribution in [0.15, 0.2) is 6.33 Å². The molecule has 3 rings (SSSR count). The number of aliphatic hydroxyl groups is 2. The fourth-order valence-corrected chi connectivity index (χ4v) is 2.68. The molecule has 0 radical (unpaired) electrons. The van der Waals surface area contributed by atoms with E-state index >= 15 is 0 Å². The number of anilines is 1. The zero-order valence-corrected chi connectivity index (χ0v) is 12.4. The molecule has 0 saturated carbocycles. The van der Waals surface area contributed by atoms with Gasteiger partial charge in [-0.2, -0.15) is 0 Å². The van der Waals surface area contributed by atoms with Gasteiger partial charge in [-0.1, -0.05) is 0 Å². The van der Waals surface area contributed by atoms with E-state index in [1.54, 1.807) is 0 Å². The van der Waals surface area contributed by atoms with Crippen LogP contribution in [0.1, 0.15) is 6.23 Å². The van der Waals surface area contributed by atoms with Gasteiger partial charge in [-0.05, 0) is 0 Å². The second kappa shape index (κ2) is 5.01. The number of imidazole rings is 1. The molecule has 112 valence electrons. The number of hydrogen-bond acceptors (Lipinski definition) is 8. The van der Waals surface area contributed by atoms with Gasteiger partial charge in [0.05, 0.1) is 6.33 Å². The number of rotatable bonds is 2. The highest BCUT2D eigenvalue weighted by Crippen LogP contribution is 2.32. The lowest BCUT2D eigenvalue weighted by Crippen LogP contribution is -2.35. The number of fused-ring (bicyclic) bond motifs is 1. The van der Waals surface area contributed by atoms with Gasteiger partial charge in [-0.3, -0.25) is 4.57 Å². The van der Waals surface area contributed by atoms with Crippen molar-refractivity contribution in [3.8, 4) is 0 Å². The largest absolute Gasteiger partial charge is 0.479 e. The molecule has 2 aromatic heterocycles. The minimum absolute atomic E-state index is 0.158. The number of nitrogens with two attached hydrogens (primary N) is 1. The van der Waals surface area contributed by atoms with Crippen molar-refractivity contribution >= 4 is 45.5 Å². The third-order valence-electron chi connectivity index (χ3n) is 3.18. The summed E-state index contributed by atoms with van der Waals surface area (Å²) in [4.78, 5) is 23.1. The standard InChI is InChI=1S/C10H10IN5O5/c11-10-14-6(12)2-7(15-10)16(1-13-2)8-4(18)3(17)5(21-8)9(19)20/h1,3-5,8,17-18H,(H,19,20)(H2,12,14,15)/t3-,4-,5+,8-/m1/s1. The van der Waals surface area contributed by atoms with E-state index in [9.17, 15) is 15.0 Å². The molecule has 10 nitrogen and oxygen atoms in total. The van der Waals surface area contributed by atoms with Crippen LogP contribution in [0.2, 0.25) is 0 Å². The van der Waals surface area contributed by atoms with Crippen molar-refractivity contribution in [2.24, 2.45) is 0 Å². The predicted octanol–water partition coefficient (Wildman–Crippen LogP) is -1.28. The van der Waals surface area contributed by atoms with E-state index in [2.05, 4.69) is 15.0 Å². The number of ether oxygens (including phenoxy) is 1. The molecule has 0 spiro atoms. The zero-order valence-electron chi connectivity index (χ0n) is 10.3. The number of carboxylic acid groups (broad SMARTS) is 1. The first-order valence-corrected chi connectivity index (χ1v) is 6.88. The van der Waals surface area contributed by atoms with Crippen LogP contribution in [-0.2, 0) is 9.53 Å². The van der Waals surface area contributed by atoms with Crippen molar-refractivity contribution in [3.63, 3.8) is 0 Å². The van der Waals surface area contributed by atoms with Gasteiger partial charge < -0.3 is 25.8 Å². The lowest BCUT2D eigenvalue weighted by molar-refractivity contribution is -0.155. The van der Waals surface area contributed by atoms with E-state index in [-0.39, 0.29) is 11.5 Å². The first-order chi connectivity index (χ1) is 9.90. The number of carboxylic acids is 1. The van der Waals surface area contributed by atoms with Crippen LogP contribution in [-0.4, -0.2) is 59.1 Å². The maximum atomic E-state index is 11.0. The van der Waals surface area contributed by atoms with Gasteiger partial charge in [0, 0.05) is 22.6 Å². The fraction of sp³-hybridized carbons (Fsp3) is 0.400. The summed E-state index contributed by atoms with van der Waals surface area (Å²) in [5.74, 6) is -1.21. The van der Waals surface area contributed by atoms with Crippen molar-refractivity contribution in [2.45, 2.75) is 24.5 Å². The number of carbonyl (C=O) groups is 1. The zero-order chi connectivity index (χ0) is 15.3. The number of nitrogens with zero attached hydrogens (tertiary/aromatic N) is 4. The Kier molecular flexibility index (Phi) is 3.43. The Morgan fingerprint density at radius 2 is 2.10 bits per heavy atom. The molecule has 0 aliphatic carbocycles. The van der Waals surface area contributed by atoms with Gasteiger partial charge in [-0.25, -0.2) is 19.7 Å². The molecule has 0 amide bonds. The molecule has 21 heavy (non-hydrogen) atoms. The number of halogens is 1. The van der Waals surface area contributed by atoms with Crippen molar-refractivity contribution in [3.05, 3.63) is 10.2 Å². The van der Waals surface area contributed by atoms with E-state index in [1.807, 2.05) is 22.6 Å². The van der Waals surface area contributed by atoms with Crippen molar-refractivity contribution in [2.75, 3.05) is 5.73 Å². The Hall–Kier alpha value is -1.57. The number of aliphatic hydroxyl groups excluding tert-OH is 2. The first kappa shape index (κ1) is 14.4. The van der Waals surface area contributed by atoms with E-state index in [4.69, 9.17) is 15.6 Å². The van der Waals surface area contributed by atoms with Crippen LogP contribution in [0.4, 0.5) is 5.82 Å². The number of aliphatic carboxylic acids is 1. The summed E-state index contributed by atoms with van der Waals surface area (Å²) in [5, 5.41) is 28.7. The molecule has 0 bridgehead atoms. The van der Waals surface area contributed by atoms with Crippen LogP contribution in [0.3, 0.4) is 0 Å². The quantitative estimate of drug-likeness (QED) is 0.352. The van der Waals surface area contributed by atoms with Gasteiger partial charge in [0.25, 0.3) is 0 Å². The van der Waals surface area contributed by atoms with Gasteiger partial charge in [0.15, 0.2) is 27.6 Å². The lowest BCUT2D eigenvalue weighted by atomic mass is 10.1. The number of nitrogen functional groups attached to an aromatic ring is 1. The average Bonchev–Trinajstić information content (AvgIpc) is 2.93. The van der Waals surface area contributed by atoms with Crippen molar-refractivity contribution in [1.82, 2.24) is 19.5 Å². The number of aromatic nitrogens is 4. The predicted molar refractivity (Wildman–Crippen MR) is 76.0 cm³/mol. The molecule has 0 unspecified atom stereocenters. The molecular formula is C10H10IN5O5. The summed E-state index contributed by atoms with van der Waals surface area (Å²) in [6.07, 6.45) is -4.34. The molecule has 0 aromatic carbocycles. The second-order valence-electron chi connectivity index (χ2n) is 4.47. The summed E-state index contributed by atoms with van der Waals surface area (Å²) in [7, 11) is 0. The minimum Gasteiger partial charge on any atom is -0.479 e. The highest BCUT2D eigenvalue weighted by molar-refractivity contribution is 14.1. The van der Waals surface area contributed by atoms with Crippen LogP contribution < -0.4 is 5.73 Å². The Morgan fingerprint density at radius 3 is 2.71 bits per heavy atom. The van der Waals surface area contributed by atoms with Crippen molar-refractivity contribution < 1.29 is 24.9 Å². The molecule has 3 heterocycles. The average molecular weight is 407 g/mol. The normalized spacial score (nSPS) is 29.1. The fourth-order valence-electron chi connectivity index (χ4n) is 2.19. The van der Waals surface area contributed by atoms with Gasteiger partial charge in [-0.15, -0.1) is 0 Å². The van der Waals surface area contributed by atoms with Gasteiger partial charge in [0.2, 0.25) is 0 Å². The lowest BCUT2D eigenvalue weighted by Gasteiger charge is -2.16. The molecule has 5 N–H and O–H groups in total. The van der Waals surface area contributed by atoms with Crippen LogP contribution in [0, 0.1) is 3.83 Å². The van der Waals surface area contributed by atoms with Gasteiger partial charge >= 0.3 is 5.97 Å². The van der Waals surface area contributed by atoms with E-state index < -0.39 is 30.5 Å². The molecule has 11 heteroatoms. The second-order valence-corrected chi connectivity index (χ2v) is 5.43. The third-order valence-corrected chi connectivity index (χ3v) is 3.66. The molecule has 2 aromatic rings. The highest BCUT2D eigenvalue weighted by atomic mass is 127. The molecular weight excluding hydrogens is 397 g/mol. The topological polar surface area (TPSA) is 157 Å². The molecule has 1 aliphatic rings. The molecule has 1 aliphatic heterocycles. The van der Waals surface area contributed by atoms with Crippen LogP contribution >= 0.6 is 22.6 Å². The summed E-state index contributed by atoms with van der Waals surface area (Å²) >= 11 is 1.86. The Morgan fingerprint density at radius 1 is 1.38 bits per heavy atom. The van der Waals surface area contributed by atoms with E-state index in [0.717, 1.165) is 0 Å². The smallest absolute Gasteiger partial charge is 0.335 e. The maximum absolute atomic E-state index is 11.0. The van der Waals surface area contributed by atoms with Crippen LogP contribution in [0.5, 0.6) is 0 Å². The van der Waals surface area contributed by atoms with E-state index in [0.29, 0.717) is 9.35 Å². The van der Waals surface area contributed by atoms with E-state index in [1.165, 1.54) is 10.9 Å². The Labute approximate surface area is 130 Å². The van der Waals surface area contributed by atoms with Crippen LogP contribution in [0.25, 0.3) is 11.2 Å². The third kappa shape index (κ3) is 2.21. The highest BCUT2D eigenvalue weighted by Gasteiger charge is 2.48. The van der Waals surface area contributed by atoms with Gasteiger partial charge in [0.1, 0.15) is 17.7 Å². The summed E-state index contributed by atoms with van der Waals surface area (Å²) in [5.41, 5.74) is 6.32. The van der Waals surface area contributed by atoms with Crippen molar-refractivity contribution in [1.29, 1.82) is 0 Å².